The van der Waals surface area contributed by atoms with Crippen LogP contribution in [0.1, 0.15) is 17.3 Å². The molecule has 0 spiro atoms. The molecule has 6 heteroatoms. The second kappa shape index (κ2) is 6.45. The minimum Gasteiger partial charge on any atom is -0.462 e. The van der Waals surface area contributed by atoms with Gasteiger partial charge in [-0.3, -0.25) is 0 Å². The molecule has 2 rings (SSSR count). The average molecular weight is 309 g/mol. The van der Waals surface area contributed by atoms with Crippen LogP contribution in [0.5, 0.6) is 0 Å². The number of ether oxygens (including phenoxy) is 1. The lowest BCUT2D eigenvalue weighted by Crippen LogP contribution is -2.09. The quantitative estimate of drug-likeness (QED) is 0.662. The van der Waals surface area contributed by atoms with Crippen LogP contribution >= 0.6 is 11.6 Å². The standard InChI is InChI=1S/C15H14ClFN2O2/c1-2-21-15(20)10-7-9(18)8-11(16)14(10)19-13-6-4-3-5-12(13)17/h3-8,19H,2,18H2,1H3. The van der Waals surface area contributed by atoms with Crippen molar-refractivity contribution < 1.29 is 13.9 Å². The van der Waals surface area contributed by atoms with Gasteiger partial charge in [-0.05, 0) is 31.2 Å². The molecule has 21 heavy (non-hydrogen) atoms. The molecule has 0 unspecified atom stereocenters. The van der Waals surface area contributed by atoms with Crippen molar-refractivity contribution in [3.8, 4) is 0 Å². The average Bonchev–Trinajstić information content (AvgIpc) is 2.43. The zero-order chi connectivity index (χ0) is 15.4. The summed E-state index contributed by atoms with van der Waals surface area (Å²) in [5.74, 6) is -1.04. The molecule has 0 radical (unpaired) electrons. The maximum atomic E-state index is 13.7. The van der Waals surface area contributed by atoms with Crippen molar-refractivity contribution in [2.24, 2.45) is 0 Å². The second-order valence-corrected chi connectivity index (χ2v) is 4.66. The monoisotopic (exact) mass is 308 g/mol. The molecule has 2 aromatic rings. The summed E-state index contributed by atoms with van der Waals surface area (Å²) in [6.45, 7) is 1.90. The molecule has 110 valence electrons. The fourth-order valence-electron chi connectivity index (χ4n) is 1.82. The highest BCUT2D eigenvalue weighted by Gasteiger charge is 2.18. The van der Waals surface area contributed by atoms with E-state index in [4.69, 9.17) is 22.1 Å². The number of hydrogen-bond donors (Lipinski definition) is 2. The second-order valence-electron chi connectivity index (χ2n) is 4.25. The van der Waals surface area contributed by atoms with Crippen LogP contribution in [-0.2, 0) is 4.74 Å². The molecule has 4 nitrogen and oxygen atoms in total. The number of rotatable bonds is 4. The van der Waals surface area contributed by atoms with E-state index in [2.05, 4.69) is 5.32 Å². The van der Waals surface area contributed by atoms with Gasteiger partial charge in [0.25, 0.3) is 0 Å². The smallest absolute Gasteiger partial charge is 0.340 e. The van der Waals surface area contributed by atoms with Crippen molar-refractivity contribution in [1.29, 1.82) is 0 Å². The fourth-order valence-corrected chi connectivity index (χ4v) is 2.10. The first-order valence-corrected chi connectivity index (χ1v) is 6.68. The van der Waals surface area contributed by atoms with E-state index < -0.39 is 11.8 Å². The molecule has 0 aliphatic heterocycles. The van der Waals surface area contributed by atoms with E-state index in [-0.39, 0.29) is 28.6 Å². The summed E-state index contributed by atoms with van der Waals surface area (Å²) in [6.07, 6.45) is 0. The number of nitrogens with two attached hydrogens (primary N) is 1. The SMILES string of the molecule is CCOC(=O)c1cc(N)cc(Cl)c1Nc1ccccc1F. The molecule has 0 bridgehead atoms. The maximum absolute atomic E-state index is 13.7. The van der Waals surface area contributed by atoms with Gasteiger partial charge in [0.05, 0.1) is 28.6 Å². The highest BCUT2D eigenvalue weighted by molar-refractivity contribution is 6.34. The topological polar surface area (TPSA) is 64.3 Å². The highest BCUT2D eigenvalue weighted by atomic mass is 35.5. The van der Waals surface area contributed by atoms with E-state index in [1.807, 2.05) is 0 Å². The highest BCUT2D eigenvalue weighted by Crippen LogP contribution is 2.33. The summed E-state index contributed by atoms with van der Waals surface area (Å²) in [5, 5.41) is 3.02. The van der Waals surface area contributed by atoms with Gasteiger partial charge >= 0.3 is 5.97 Å². The van der Waals surface area contributed by atoms with Gasteiger partial charge in [-0.1, -0.05) is 23.7 Å². The van der Waals surface area contributed by atoms with Crippen molar-refractivity contribution in [1.82, 2.24) is 0 Å². The molecule has 0 saturated heterocycles. The van der Waals surface area contributed by atoms with Gasteiger partial charge in [-0.2, -0.15) is 0 Å². The minimum absolute atomic E-state index is 0.158. The van der Waals surface area contributed by atoms with E-state index >= 15 is 0 Å². The number of carbonyl (C=O) groups excluding carboxylic acids is 1. The lowest BCUT2D eigenvalue weighted by atomic mass is 10.1. The first-order valence-electron chi connectivity index (χ1n) is 6.30. The Morgan fingerprint density at radius 2 is 2.10 bits per heavy atom. The number of nitrogens with one attached hydrogen (secondary N) is 1. The molecule has 0 aromatic heterocycles. The number of anilines is 3. The van der Waals surface area contributed by atoms with Gasteiger partial charge < -0.3 is 15.8 Å². The first kappa shape index (κ1) is 15.1. The predicted octanol–water partition coefficient (Wildman–Crippen LogP) is 3.98. The van der Waals surface area contributed by atoms with E-state index in [1.165, 1.54) is 24.3 Å². The van der Waals surface area contributed by atoms with E-state index in [0.29, 0.717) is 5.69 Å². The largest absolute Gasteiger partial charge is 0.462 e. The lowest BCUT2D eigenvalue weighted by Gasteiger charge is -2.14. The van der Waals surface area contributed by atoms with Crippen LogP contribution < -0.4 is 11.1 Å². The van der Waals surface area contributed by atoms with Crippen molar-refractivity contribution >= 4 is 34.6 Å². The van der Waals surface area contributed by atoms with E-state index in [9.17, 15) is 9.18 Å². The molecule has 3 N–H and O–H groups in total. The summed E-state index contributed by atoms with van der Waals surface area (Å²) >= 11 is 6.11. The van der Waals surface area contributed by atoms with Crippen molar-refractivity contribution in [3.63, 3.8) is 0 Å². The van der Waals surface area contributed by atoms with Crippen LogP contribution in [0.2, 0.25) is 5.02 Å². The van der Waals surface area contributed by atoms with Gasteiger partial charge in [-0.25, -0.2) is 9.18 Å². The third kappa shape index (κ3) is 3.44. The Balaban J connectivity index is 2.47. The number of carbonyl (C=O) groups is 1. The van der Waals surface area contributed by atoms with E-state index in [1.54, 1.807) is 19.1 Å². The molecule has 0 aliphatic rings. The molecular formula is C15H14ClFN2O2. The molecule has 0 aliphatic carbocycles. The van der Waals surface area contributed by atoms with Crippen molar-refractivity contribution in [3.05, 3.63) is 52.8 Å². The maximum Gasteiger partial charge on any atom is 0.340 e. The Bertz CT molecular complexity index is 677. The Morgan fingerprint density at radius 3 is 2.76 bits per heavy atom. The number of para-hydroxylation sites is 1. The number of benzene rings is 2. The van der Waals surface area contributed by atoms with Crippen molar-refractivity contribution in [2.75, 3.05) is 17.7 Å². The normalized spacial score (nSPS) is 10.2. The summed E-state index contributed by atoms with van der Waals surface area (Å²) in [6, 6.07) is 8.99. The zero-order valence-electron chi connectivity index (χ0n) is 11.3. The summed E-state index contributed by atoms with van der Waals surface area (Å²) in [4.78, 5) is 12.0. The lowest BCUT2D eigenvalue weighted by molar-refractivity contribution is 0.0527. The Kier molecular flexibility index (Phi) is 4.65. The number of nitrogen functional groups attached to an aromatic ring is 1. The van der Waals surface area contributed by atoms with Gasteiger partial charge in [0, 0.05) is 5.69 Å². The van der Waals surface area contributed by atoms with Crippen LogP contribution in [0.4, 0.5) is 21.5 Å². The first-order chi connectivity index (χ1) is 10.0. The van der Waals surface area contributed by atoms with Crippen LogP contribution in [0.25, 0.3) is 0 Å². The van der Waals surface area contributed by atoms with Gasteiger partial charge in [0.1, 0.15) is 5.82 Å². The molecule has 0 fully saturated rings. The van der Waals surface area contributed by atoms with Crippen LogP contribution in [-0.4, -0.2) is 12.6 Å². The molecule has 2 aromatic carbocycles. The van der Waals surface area contributed by atoms with E-state index in [0.717, 1.165) is 0 Å². The third-order valence-electron chi connectivity index (χ3n) is 2.74. The minimum atomic E-state index is -0.578. The summed E-state index contributed by atoms with van der Waals surface area (Å²) in [7, 11) is 0. The molecular weight excluding hydrogens is 295 g/mol. The third-order valence-corrected chi connectivity index (χ3v) is 3.04. The Hall–Kier alpha value is -2.27. The molecule has 0 heterocycles. The summed E-state index contributed by atoms with van der Waals surface area (Å²) < 4.78 is 18.7. The number of halogens is 2. The Morgan fingerprint density at radius 1 is 1.38 bits per heavy atom. The van der Waals surface area contributed by atoms with Gasteiger partial charge in [0.2, 0.25) is 0 Å². The number of esters is 1. The molecule has 0 atom stereocenters. The fraction of sp³-hybridized carbons (Fsp3) is 0.133. The molecule has 0 saturated carbocycles. The van der Waals surface area contributed by atoms with Gasteiger partial charge in [0.15, 0.2) is 0 Å². The summed E-state index contributed by atoms with van der Waals surface area (Å²) in [5.41, 5.74) is 6.63. The molecule has 0 amide bonds. The van der Waals surface area contributed by atoms with Crippen LogP contribution in [0.3, 0.4) is 0 Å². The van der Waals surface area contributed by atoms with Crippen LogP contribution in [0.15, 0.2) is 36.4 Å². The van der Waals surface area contributed by atoms with Crippen molar-refractivity contribution in [2.45, 2.75) is 6.92 Å². The van der Waals surface area contributed by atoms with Crippen LogP contribution in [0, 0.1) is 5.82 Å². The number of hydrogen-bond acceptors (Lipinski definition) is 4. The predicted molar refractivity (Wildman–Crippen MR) is 81.5 cm³/mol. The zero-order valence-corrected chi connectivity index (χ0v) is 12.1. The van der Waals surface area contributed by atoms with Gasteiger partial charge in [-0.15, -0.1) is 0 Å². The Labute approximate surface area is 126 Å².